The van der Waals surface area contributed by atoms with Crippen LogP contribution < -0.4 is 4.74 Å². The lowest BCUT2D eigenvalue weighted by atomic mass is 10.1. The van der Waals surface area contributed by atoms with Gasteiger partial charge >= 0.3 is 0 Å². The fourth-order valence-electron chi connectivity index (χ4n) is 1.76. The third-order valence-corrected chi connectivity index (χ3v) is 2.80. The lowest BCUT2D eigenvalue weighted by Crippen LogP contribution is -1.98. The summed E-state index contributed by atoms with van der Waals surface area (Å²) in [5, 5.41) is 2.14. The molecule has 2 aromatic rings. The van der Waals surface area contributed by atoms with Crippen molar-refractivity contribution in [1.82, 2.24) is 0 Å². The molecular formula is C16H14ClFO. The highest BCUT2D eigenvalue weighted by Gasteiger charge is 1.98. The molecule has 0 aliphatic heterocycles. The average molecular weight is 277 g/mol. The lowest BCUT2D eigenvalue weighted by molar-refractivity contribution is 0.273. The molecule has 0 aliphatic rings. The molecule has 2 aromatic carbocycles. The van der Waals surface area contributed by atoms with Gasteiger partial charge in [0.15, 0.2) is 0 Å². The van der Waals surface area contributed by atoms with Crippen molar-refractivity contribution in [2.24, 2.45) is 0 Å². The topological polar surface area (TPSA) is 9.23 Å². The van der Waals surface area contributed by atoms with E-state index in [1.54, 1.807) is 0 Å². The fourth-order valence-corrected chi connectivity index (χ4v) is 1.85. The molecule has 98 valence electrons. The molecule has 0 heterocycles. The molecule has 0 fully saturated rings. The van der Waals surface area contributed by atoms with Crippen molar-refractivity contribution in [3.8, 4) is 17.6 Å². The van der Waals surface area contributed by atoms with Crippen LogP contribution in [0.25, 0.3) is 10.8 Å². The summed E-state index contributed by atoms with van der Waals surface area (Å²) in [4.78, 5) is 0. The van der Waals surface area contributed by atoms with E-state index in [4.69, 9.17) is 16.3 Å². The predicted octanol–water partition coefficient (Wildman–Crippen LogP) is 4.17. The van der Waals surface area contributed by atoms with E-state index in [0.29, 0.717) is 18.1 Å². The van der Waals surface area contributed by atoms with Crippen LogP contribution in [0.3, 0.4) is 0 Å². The summed E-state index contributed by atoms with van der Waals surface area (Å²) >= 11 is 5.58. The Balaban J connectivity index is 2.23. The van der Waals surface area contributed by atoms with Crippen LogP contribution in [0.5, 0.6) is 5.75 Å². The third-order valence-electron chi connectivity index (χ3n) is 2.61. The summed E-state index contributed by atoms with van der Waals surface area (Å²) in [6.45, 7) is -0.388. The first-order chi connectivity index (χ1) is 9.33. The van der Waals surface area contributed by atoms with Crippen LogP contribution in [0, 0.1) is 11.8 Å². The van der Waals surface area contributed by atoms with Gasteiger partial charge in [0.2, 0.25) is 0 Å². The van der Waals surface area contributed by atoms with Crippen LogP contribution in [0.15, 0.2) is 36.4 Å². The first-order valence-electron chi connectivity index (χ1n) is 6.11. The number of ether oxygens (including phenoxy) is 1. The highest BCUT2D eigenvalue weighted by atomic mass is 35.5. The second kappa shape index (κ2) is 7.01. The quantitative estimate of drug-likeness (QED) is 0.602. The summed E-state index contributed by atoms with van der Waals surface area (Å²) in [7, 11) is 0. The second-order valence-electron chi connectivity index (χ2n) is 4.00. The van der Waals surface area contributed by atoms with Crippen LogP contribution in [0.1, 0.15) is 12.0 Å². The number of rotatable bonds is 4. The molecule has 0 amide bonds. The van der Waals surface area contributed by atoms with Crippen LogP contribution >= 0.6 is 11.6 Å². The summed E-state index contributed by atoms with van der Waals surface area (Å²) in [6, 6.07) is 11.7. The van der Waals surface area contributed by atoms with Crippen molar-refractivity contribution in [3.63, 3.8) is 0 Å². The monoisotopic (exact) mass is 276 g/mol. The summed E-state index contributed by atoms with van der Waals surface area (Å²) < 4.78 is 17.3. The molecule has 0 saturated heterocycles. The van der Waals surface area contributed by atoms with Crippen LogP contribution in [0.2, 0.25) is 0 Å². The van der Waals surface area contributed by atoms with E-state index in [2.05, 4.69) is 11.8 Å². The molecule has 0 N–H and O–H groups in total. The van der Waals surface area contributed by atoms with Crippen molar-refractivity contribution in [3.05, 3.63) is 42.0 Å². The Morgan fingerprint density at radius 3 is 2.68 bits per heavy atom. The zero-order chi connectivity index (χ0) is 13.5. The number of benzene rings is 2. The maximum absolute atomic E-state index is 12.0. The minimum atomic E-state index is -0.479. The van der Waals surface area contributed by atoms with Crippen molar-refractivity contribution in [2.75, 3.05) is 19.2 Å². The molecule has 0 saturated carbocycles. The van der Waals surface area contributed by atoms with Crippen LogP contribution in [0.4, 0.5) is 4.39 Å². The largest absolute Gasteiger partial charge is 0.491 e. The molecule has 0 aromatic heterocycles. The second-order valence-corrected chi connectivity index (χ2v) is 4.38. The van der Waals surface area contributed by atoms with Gasteiger partial charge in [-0.1, -0.05) is 24.0 Å². The van der Waals surface area contributed by atoms with E-state index < -0.39 is 6.67 Å². The molecule has 0 spiro atoms. The fraction of sp³-hybridized carbons (Fsp3) is 0.250. The maximum Gasteiger partial charge on any atom is 0.123 e. The number of hydrogen-bond acceptors (Lipinski definition) is 1. The first kappa shape index (κ1) is 13.7. The number of halogens is 2. The lowest BCUT2D eigenvalue weighted by Gasteiger charge is -2.05. The minimum Gasteiger partial charge on any atom is -0.491 e. The Kier molecular flexibility index (Phi) is 5.06. The predicted molar refractivity (Wildman–Crippen MR) is 77.6 cm³/mol. The van der Waals surface area contributed by atoms with Gasteiger partial charge in [0, 0.05) is 17.9 Å². The van der Waals surface area contributed by atoms with Gasteiger partial charge in [-0.05, 0) is 35.0 Å². The molecule has 0 bridgehead atoms. The third kappa shape index (κ3) is 3.87. The minimum absolute atomic E-state index is 0.0908. The van der Waals surface area contributed by atoms with E-state index in [1.165, 1.54) is 0 Å². The molecular weight excluding hydrogens is 263 g/mol. The molecule has 19 heavy (non-hydrogen) atoms. The van der Waals surface area contributed by atoms with Crippen molar-refractivity contribution in [1.29, 1.82) is 0 Å². The van der Waals surface area contributed by atoms with Gasteiger partial charge in [-0.3, -0.25) is 0 Å². The average Bonchev–Trinajstić information content (AvgIpc) is 2.45. The number of alkyl halides is 2. The van der Waals surface area contributed by atoms with Gasteiger partial charge < -0.3 is 4.74 Å². The Hall–Kier alpha value is -1.72. The van der Waals surface area contributed by atoms with Crippen molar-refractivity contribution >= 4 is 22.4 Å². The molecule has 0 atom stereocenters. The summed E-state index contributed by atoms with van der Waals surface area (Å²) in [6.07, 6.45) is 0.690. The van der Waals surface area contributed by atoms with Gasteiger partial charge in [0.25, 0.3) is 0 Å². The van der Waals surface area contributed by atoms with Gasteiger partial charge in [-0.25, -0.2) is 4.39 Å². The zero-order valence-electron chi connectivity index (χ0n) is 10.5. The number of hydrogen-bond donors (Lipinski definition) is 0. The molecule has 3 heteroatoms. The molecule has 0 aliphatic carbocycles. The standard InChI is InChI=1S/C16H14ClFO/c17-8-2-1-3-13-4-5-15-12-16(19-10-9-18)7-6-14(15)11-13/h4-7,11-12H,2,8-10H2. The Labute approximate surface area is 117 Å². The Morgan fingerprint density at radius 1 is 1.11 bits per heavy atom. The SMILES string of the molecule is FCCOc1ccc2cc(C#CCCCl)ccc2c1. The van der Waals surface area contributed by atoms with Gasteiger partial charge in [0.1, 0.15) is 19.0 Å². The van der Waals surface area contributed by atoms with E-state index in [9.17, 15) is 4.39 Å². The molecule has 2 rings (SSSR count). The van der Waals surface area contributed by atoms with Crippen molar-refractivity contribution in [2.45, 2.75) is 6.42 Å². The summed E-state index contributed by atoms with van der Waals surface area (Å²) in [5.41, 5.74) is 0.968. The van der Waals surface area contributed by atoms with Crippen LogP contribution in [-0.4, -0.2) is 19.2 Å². The smallest absolute Gasteiger partial charge is 0.123 e. The normalized spacial score (nSPS) is 10.0. The van der Waals surface area contributed by atoms with Crippen LogP contribution in [-0.2, 0) is 0 Å². The summed E-state index contributed by atoms with van der Waals surface area (Å²) in [5.74, 6) is 7.32. The first-order valence-corrected chi connectivity index (χ1v) is 6.64. The van der Waals surface area contributed by atoms with E-state index in [0.717, 1.165) is 16.3 Å². The van der Waals surface area contributed by atoms with E-state index in [1.807, 2.05) is 36.4 Å². The molecule has 0 radical (unpaired) electrons. The van der Waals surface area contributed by atoms with E-state index in [-0.39, 0.29) is 6.61 Å². The maximum atomic E-state index is 12.0. The highest BCUT2D eigenvalue weighted by molar-refractivity contribution is 6.18. The highest BCUT2D eigenvalue weighted by Crippen LogP contribution is 2.21. The molecule has 1 nitrogen and oxygen atoms in total. The zero-order valence-corrected chi connectivity index (χ0v) is 11.2. The Bertz CT molecular complexity index is 613. The Morgan fingerprint density at radius 2 is 1.89 bits per heavy atom. The molecule has 0 unspecified atom stereocenters. The number of fused-ring (bicyclic) bond motifs is 1. The van der Waals surface area contributed by atoms with Gasteiger partial charge in [-0.15, -0.1) is 11.6 Å². The van der Waals surface area contributed by atoms with Gasteiger partial charge in [-0.2, -0.15) is 0 Å². The van der Waals surface area contributed by atoms with Crippen molar-refractivity contribution < 1.29 is 9.13 Å². The van der Waals surface area contributed by atoms with Gasteiger partial charge in [0.05, 0.1) is 0 Å². The van der Waals surface area contributed by atoms with E-state index >= 15 is 0 Å².